The van der Waals surface area contributed by atoms with Crippen molar-refractivity contribution in [1.82, 2.24) is 0 Å². The Hall–Kier alpha value is -4.12. The summed E-state index contributed by atoms with van der Waals surface area (Å²) in [5, 5.41) is 9.76. The van der Waals surface area contributed by atoms with E-state index in [1.54, 1.807) is 6.08 Å². The van der Waals surface area contributed by atoms with Crippen LogP contribution in [0.1, 0.15) is 188 Å². The van der Waals surface area contributed by atoms with E-state index in [1.165, 1.54) is 44.9 Å². The molecule has 0 saturated heterocycles. The van der Waals surface area contributed by atoms with Crippen molar-refractivity contribution in [2.75, 3.05) is 26.4 Å². The smallest absolute Gasteiger partial charge is 0.462 e. The average molecular weight is 997 g/mol. The number of hydrogen-bond donors (Lipinski definition) is 2. The van der Waals surface area contributed by atoms with E-state index in [-0.39, 0.29) is 25.9 Å². The number of allylic oxidation sites excluding steroid dienone is 19. The number of esters is 3. The van der Waals surface area contributed by atoms with Crippen molar-refractivity contribution < 1.29 is 52.2 Å². The van der Waals surface area contributed by atoms with Gasteiger partial charge in [-0.15, -0.1) is 0 Å². The normalized spacial score (nSPS) is 14.4. The maximum Gasteiger partial charge on any atom is 0.472 e. The third kappa shape index (κ3) is 48.9. The maximum absolute atomic E-state index is 12.8. The highest BCUT2D eigenvalue weighted by molar-refractivity contribution is 7.47. The number of hydrogen-bond acceptors (Lipinski definition) is 10. The molecule has 2 N–H and O–H groups in total. The van der Waals surface area contributed by atoms with Crippen molar-refractivity contribution in [3.05, 3.63) is 122 Å². The van der Waals surface area contributed by atoms with E-state index in [9.17, 15) is 28.9 Å². The van der Waals surface area contributed by atoms with E-state index in [0.717, 1.165) is 77.0 Å². The van der Waals surface area contributed by atoms with Gasteiger partial charge in [-0.1, -0.05) is 206 Å². The minimum atomic E-state index is -4.79. The quantitative estimate of drug-likeness (QED) is 0.0197. The van der Waals surface area contributed by atoms with Crippen LogP contribution in [-0.4, -0.2) is 66.5 Å². The number of ether oxygens (including phenoxy) is 3. The molecular formula is C58H93O11P. The van der Waals surface area contributed by atoms with Gasteiger partial charge >= 0.3 is 25.7 Å². The molecule has 0 aromatic rings. The highest BCUT2D eigenvalue weighted by Gasteiger charge is 2.28. The largest absolute Gasteiger partial charge is 0.472 e. The van der Waals surface area contributed by atoms with Crippen LogP contribution in [0.2, 0.25) is 0 Å². The van der Waals surface area contributed by atoms with E-state index in [4.69, 9.17) is 23.3 Å². The molecule has 0 aromatic heterocycles. The minimum absolute atomic E-state index is 0.0648. The van der Waals surface area contributed by atoms with Crippen LogP contribution in [0.4, 0.5) is 0 Å². The Labute approximate surface area is 424 Å². The van der Waals surface area contributed by atoms with Gasteiger partial charge in [0, 0.05) is 12.8 Å². The van der Waals surface area contributed by atoms with E-state index in [0.29, 0.717) is 25.7 Å². The molecular weight excluding hydrogens is 904 g/mol. The summed E-state index contributed by atoms with van der Waals surface area (Å²) in [6.45, 7) is 4.20. The molecule has 0 aliphatic rings. The van der Waals surface area contributed by atoms with Crippen LogP contribution in [0.5, 0.6) is 0 Å². The van der Waals surface area contributed by atoms with E-state index in [1.807, 2.05) is 30.4 Å². The summed E-state index contributed by atoms with van der Waals surface area (Å²) in [4.78, 5) is 48.3. The molecule has 0 bridgehead atoms. The fourth-order valence-electron chi connectivity index (χ4n) is 6.47. The number of unbranched alkanes of at least 4 members (excludes halogenated alkanes) is 11. The molecule has 0 radical (unpaired) electrons. The SMILES string of the molecule is CC/C=C\C/C=C\C/C=C\C/C=C\C/C=C\CCCC(=O)OC(COC(=O)CCCCCCCCCCCCC)COP(=O)(O)OCC(CO)OC(=O)C/C=C\C/C=C\C/C=C\C/C=C\C/C=C\CC. The first-order chi connectivity index (χ1) is 34.2. The molecule has 0 aromatic carbocycles. The van der Waals surface area contributed by atoms with Crippen LogP contribution < -0.4 is 0 Å². The van der Waals surface area contributed by atoms with Crippen LogP contribution in [0.3, 0.4) is 0 Å². The summed E-state index contributed by atoms with van der Waals surface area (Å²) >= 11 is 0. The van der Waals surface area contributed by atoms with Crippen molar-refractivity contribution >= 4 is 25.7 Å². The molecule has 0 fully saturated rings. The second kappa shape index (κ2) is 51.2. The van der Waals surface area contributed by atoms with Gasteiger partial charge in [-0.25, -0.2) is 4.57 Å². The molecule has 12 heteroatoms. The zero-order chi connectivity index (χ0) is 51.3. The van der Waals surface area contributed by atoms with Gasteiger partial charge in [0.2, 0.25) is 0 Å². The zero-order valence-corrected chi connectivity index (χ0v) is 44.3. The number of phosphoric ester groups is 1. The first-order valence-corrected chi connectivity index (χ1v) is 27.9. The Morgan fingerprint density at radius 2 is 0.800 bits per heavy atom. The zero-order valence-electron chi connectivity index (χ0n) is 43.4. The molecule has 0 aliphatic heterocycles. The molecule has 3 atom stereocenters. The third-order valence-electron chi connectivity index (χ3n) is 10.4. The lowest BCUT2D eigenvalue weighted by molar-refractivity contribution is -0.161. The lowest BCUT2D eigenvalue weighted by Gasteiger charge is -2.21. The lowest BCUT2D eigenvalue weighted by atomic mass is 10.1. The fraction of sp³-hybridized carbons (Fsp3) is 0.603. The Morgan fingerprint density at radius 1 is 0.429 bits per heavy atom. The second-order valence-electron chi connectivity index (χ2n) is 16.9. The van der Waals surface area contributed by atoms with Crippen molar-refractivity contribution in [3.63, 3.8) is 0 Å². The maximum atomic E-state index is 12.8. The monoisotopic (exact) mass is 997 g/mol. The summed E-state index contributed by atoms with van der Waals surface area (Å²) in [6.07, 6.45) is 62.0. The lowest BCUT2D eigenvalue weighted by Crippen LogP contribution is -2.30. The van der Waals surface area contributed by atoms with Crippen molar-refractivity contribution in [2.24, 2.45) is 0 Å². The van der Waals surface area contributed by atoms with Crippen LogP contribution in [0.25, 0.3) is 0 Å². The molecule has 0 amide bonds. The number of rotatable bonds is 47. The number of carbonyl (C=O) groups excluding carboxylic acids is 3. The van der Waals surface area contributed by atoms with Crippen LogP contribution in [-0.2, 0) is 42.2 Å². The molecule has 3 unspecified atom stereocenters. The van der Waals surface area contributed by atoms with Gasteiger partial charge in [0.05, 0.1) is 26.2 Å². The summed E-state index contributed by atoms with van der Waals surface area (Å²) in [5.74, 6) is -1.69. The van der Waals surface area contributed by atoms with Gasteiger partial charge in [0.25, 0.3) is 0 Å². The van der Waals surface area contributed by atoms with Crippen LogP contribution in [0, 0.1) is 0 Å². The van der Waals surface area contributed by atoms with Gasteiger partial charge in [-0.05, 0) is 83.5 Å². The van der Waals surface area contributed by atoms with Gasteiger partial charge in [0.1, 0.15) is 12.7 Å². The number of aliphatic hydroxyl groups is 1. The molecule has 0 saturated carbocycles. The summed E-state index contributed by atoms with van der Waals surface area (Å²) < 4.78 is 39.2. The molecule has 0 aliphatic carbocycles. The van der Waals surface area contributed by atoms with Crippen LogP contribution >= 0.6 is 7.82 Å². The highest BCUT2D eigenvalue weighted by Crippen LogP contribution is 2.43. The average Bonchev–Trinajstić information content (AvgIpc) is 3.35. The summed E-state index contributed by atoms with van der Waals surface area (Å²) in [7, 11) is -4.79. The van der Waals surface area contributed by atoms with Gasteiger partial charge in [-0.3, -0.25) is 23.4 Å². The molecule has 396 valence electrons. The first kappa shape index (κ1) is 65.9. The minimum Gasteiger partial charge on any atom is -0.462 e. The van der Waals surface area contributed by atoms with E-state index >= 15 is 0 Å². The van der Waals surface area contributed by atoms with Gasteiger partial charge in [0.15, 0.2) is 6.10 Å². The predicted molar refractivity (Wildman–Crippen MR) is 288 cm³/mol. The van der Waals surface area contributed by atoms with Crippen molar-refractivity contribution in [3.8, 4) is 0 Å². The number of aliphatic hydroxyl groups excluding tert-OH is 1. The van der Waals surface area contributed by atoms with Crippen LogP contribution in [0.15, 0.2) is 122 Å². The van der Waals surface area contributed by atoms with Gasteiger partial charge in [-0.2, -0.15) is 0 Å². The highest BCUT2D eigenvalue weighted by atomic mass is 31.2. The number of phosphoric acid groups is 1. The Bertz CT molecular complexity index is 1630. The topological polar surface area (TPSA) is 155 Å². The Kier molecular flexibility index (Phi) is 48.2. The molecule has 70 heavy (non-hydrogen) atoms. The number of carbonyl (C=O) groups is 3. The van der Waals surface area contributed by atoms with Crippen molar-refractivity contribution in [2.45, 2.75) is 200 Å². The molecule has 0 heterocycles. The van der Waals surface area contributed by atoms with Crippen molar-refractivity contribution in [1.29, 1.82) is 0 Å². The Morgan fingerprint density at radius 3 is 1.24 bits per heavy atom. The molecule has 0 spiro atoms. The second-order valence-corrected chi connectivity index (χ2v) is 18.4. The predicted octanol–water partition coefficient (Wildman–Crippen LogP) is 15.2. The molecule has 0 rings (SSSR count). The standard InChI is InChI=1S/C58H93O11P/c1-4-7-10-13-16-19-22-24-26-27-29-31-34-37-40-43-46-49-58(62)69-55(51-65-56(60)47-44-41-38-35-32-21-18-15-12-9-6-3)53-67-70(63,64)66-52-54(50-59)68-57(61)48-45-42-39-36-33-30-28-25-23-20-17-14-11-8-5-2/h7-8,10-11,16-17,19-20,24-26,28-29,31,33,36-37,40,42,45,54-55,59H,4-6,9,12-15,18,21-23,27,30,32,34-35,38-39,41,43-44,46-53H2,1-3H3,(H,63,64)/b10-7-,11-8-,19-16-,20-17-,26-24-,28-25-,31-29-,36-33-,40-37-,45-42-. The third-order valence-corrected chi connectivity index (χ3v) is 11.4. The van der Waals surface area contributed by atoms with E-state index < -0.39 is 57.8 Å². The summed E-state index contributed by atoms with van der Waals surface area (Å²) in [6, 6.07) is 0. The first-order valence-electron chi connectivity index (χ1n) is 26.4. The molecule has 11 nitrogen and oxygen atoms in total. The summed E-state index contributed by atoms with van der Waals surface area (Å²) in [5.41, 5.74) is 0. The fourth-order valence-corrected chi connectivity index (χ4v) is 7.25. The van der Waals surface area contributed by atoms with Gasteiger partial charge < -0.3 is 24.2 Å². The van der Waals surface area contributed by atoms with E-state index in [2.05, 4.69) is 106 Å². The Balaban J connectivity index is 4.91.